The third-order valence-corrected chi connectivity index (χ3v) is 4.57. The summed E-state index contributed by atoms with van der Waals surface area (Å²) in [6.45, 7) is 5.78. The molecule has 0 aromatic carbocycles. The Morgan fingerprint density at radius 2 is 2.45 bits per heavy atom. The van der Waals surface area contributed by atoms with E-state index in [9.17, 15) is 4.79 Å². The molecule has 110 valence electrons. The zero-order valence-electron chi connectivity index (χ0n) is 12.2. The van der Waals surface area contributed by atoms with Gasteiger partial charge in [-0.05, 0) is 25.5 Å². The molecule has 2 heterocycles. The summed E-state index contributed by atoms with van der Waals surface area (Å²) in [6.07, 6.45) is 4.18. The fourth-order valence-electron chi connectivity index (χ4n) is 2.33. The molecule has 1 unspecified atom stereocenters. The van der Waals surface area contributed by atoms with Gasteiger partial charge in [-0.3, -0.25) is 9.78 Å². The highest BCUT2D eigenvalue weighted by Gasteiger charge is 2.22. The fraction of sp³-hybridized carbons (Fsp3) is 0.600. The second-order valence-electron chi connectivity index (χ2n) is 5.41. The molecule has 1 N–H and O–H groups in total. The van der Waals surface area contributed by atoms with Gasteiger partial charge in [0.15, 0.2) is 0 Å². The topological polar surface area (TPSA) is 45.2 Å². The van der Waals surface area contributed by atoms with Crippen molar-refractivity contribution in [3.63, 3.8) is 0 Å². The highest BCUT2D eigenvalue weighted by atomic mass is 32.2. The Kier molecular flexibility index (Phi) is 5.86. The third kappa shape index (κ3) is 4.49. The summed E-state index contributed by atoms with van der Waals surface area (Å²) >= 11 is 1.93. The van der Waals surface area contributed by atoms with Crippen LogP contribution in [0.2, 0.25) is 0 Å². The number of hydrogen-bond acceptors (Lipinski definition) is 4. The van der Waals surface area contributed by atoms with Crippen molar-refractivity contribution in [1.82, 2.24) is 15.2 Å². The molecule has 1 aliphatic rings. The van der Waals surface area contributed by atoms with Crippen LogP contribution >= 0.6 is 11.8 Å². The summed E-state index contributed by atoms with van der Waals surface area (Å²) in [4.78, 5) is 18.6. The minimum atomic E-state index is 0.207. The van der Waals surface area contributed by atoms with Crippen molar-refractivity contribution in [2.75, 3.05) is 18.1 Å². The molecule has 0 aliphatic carbocycles. The van der Waals surface area contributed by atoms with Crippen molar-refractivity contribution in [2.45, 2.75) is 38.9 Å². The van der Waals surface area contributed by atoms with E-state index in [0.29, 0.717) is 19.0 Å². The maximum atomic E-state index is 12.5. The largest absolute Gasteiger partial charge is 0.336 e. The Labute approximate surface area is 125 Å². The third-order valence-electron chi connectivity index (χ3n) is 3.44. The molecule has 1 amide bonds. The summed E-state index contributed by atoms with van der Waals surface area (Å²) in [5, 5.41) is 3.43. The molecule has 4 nitrogen and oxygen atoms in total. The van der Waals surface area contributed by atoms with E-state index in [1.165, 1.54) is 0 Å². The van der Waals surface area contributed by atoms with Crippen LogP contribution in [0, 0.1) is 0 Å². The number of carbonyl (C=O) groups excluding carboxylic acids is 1. The monoisotopic (exact) mass is 293 g/mol. The minimum absolute atomic E-state index is 0.207. The first-order valence-corrected chi connectivity index (χ1v) is 8.32. The summed E-state index contributed by atoms with van der Waals surface area (Å²) in [5.74, 6) is 2.41. The molecule has 1 atom stereocenters. The highest BCUT2D eigenvalue weighted by Crippen LogP contribution is 2.14. The number of nitrogens with one attached hydrogen (secondary N) is 1. The van der Waals surface area contributed by atoms with E-state index in [0.717, 1.165) is 23.6 Å². The molecule has 1 fully saturated rings. The van der Waals surface area contributed by atoms with Crippen molar-refractivity contribution in [1.29, 1.82) is 0 Å². The number of amides is 1. The van der Waals surface area contributed by atoms with E-state index in [-0.39, 0.29) is 11.9 Å². The predicted octanol–water partition coefficient (Wildman–Crippen LogP) is 1.91. The highest BCUT2D eigenvalue weighted by molar-refractivity contribution is 7.99. The molecule has 20 heavy (non-hydrogen) atoms. The first-order valence-electron chi connectivity index (χ1n) is 7.16. The Hall–Kier alpha value is -1.07. The zero-order valence-corrected chi connectivity index (χ0v) is 13.0. The molecule has 5 heteroatoms. The van der Waals surface area contributed by atoms with E-state index < -0.39 is 0 Å². The SMILES string of the molecule is CC(C)N(Cc1cccnc1)C(=O)CC1CSCCN1. The lowest BCUT2D eigenvalue weighted by Crippen LogP contribution is -2.44. The second kappa shape index (κ2) is 7.64. The maximum Gasteiger partial charge on any atom is 0.224 e. The van der Waals surface area contributed by atoms with Crippen LogP contribution in [0.1, 0.15) is 25.8 Å². The van der Waals surface area contributed by atoms with E-state index in [2.05, 4.69) is 24.1 Å². The lowest BCUT2D eigenvalue weighted by molar-refractivity contribution is -0.134. The lowest BCUT2D eigenvalue weighted by atomic mass is 10.1. The van der Waals surface area contributed by atoms with Crippen LogP contribution in [0.15, 0.2) is 24.5 Å². The predicted molar refractivity (Wildman–Crippen MR) is 83.7 cm³/mol. The Bertz CT molecular complexity index is 418. The van der Waals surface area contributed by atoms with Crippen LogP contribution < -0.4 is 5.32 Å². The smallest absolute Gasteiger partial charge is 0.224 e. The Balaban J connectivity index is 1.95. The molecule has 1 aliphatic heterocycles. The molecule has 0 bridgehead atoms. The van der Waals surface area contributed by atoms with Gasteiger partial charge >= 0.3 is 0 Å². The van der Waals surface area contributed by atoms with E-state index in [4.69, 9.17) is 0 Å². The number of pyridine rings is 1. The number of carbonyl (C=O) groups is 1. The number of hydrogen-bond donors (Lipinski definition) is 1. The summed E-state index contributed by atoms with van der Waals surface area (Å²) in [5.41, 5.74) is 1.08. The average molecular weight is 293 g/mol. The Morgan fingerprint density at radius 3 is 3.05 bits per heavy atom. The van der Waals surface area contributed by atoms with Crippen molar-refractivity contribution in [3.8, 4) is 0 Å². The first kappa shape index (κ1) is 15.3. The van der Waals surface area contributed by atoms with Gasteiger partial charge in [0.1, 0.15) is 0 Å². The molecule has 0 radical (unpaired) electrons. The van der Waals surface area contributed by atoms with Crippen LogP contribution in [0.4, 0.5) is 0 Å². The van der Waals surface area contributed by atoms with Gasteiger partial charge in [-0.1, -0.05) is 6.07 Å². The van der Waals surface area contributed by atoms with Crippen LogP contribution in [0.5, 0.6) is 0 Å². The molecular weight excluding hydrogens is 270 g/mol. The first-order chi connectivity index (χ1) is 9.66. The van der Waals surface area contributed by atoms with Crippen LogP contribution in [-0.2, 0) is 11.3 Å². The van der Waals surface area contributed by atoms with Crippen molar-refractivity contribution < 1.29 is 4.79 Å². The molecule has 1 aromatic rings. The second-order valence-corrected chi connectivity index (χ2v) is 6.56. The van der Waals surface area contributed by atoms with Gasteiger partial charge in [0, 0.05) is 55.5 Å². The van der Waals surface area contributed by atoms with E-state index in [1.807, 2.05) is 35.0 Å². The zero-order chi connectivity index (χ0) is 14.4. The standard InChI is InChI=1S/C15H23N3OS/c1-12(2)18(10-13-4-3-5-16-9-13)15(19)8-14-11-20-7-6-17-14/h3-5,9,12,14,17H,6-8,10-11H2,1-2H3. The number of nitrogens with zero attached hydrogens (tertiary/aromatic N) is 2. The number of aromatic nitrogens is 1. The molecule has 0 saturated carbocycles. The molecular formula is C15H23N3OS. The Morgan fingerprint density at radius 1 is 1.60 bits per heavy atom. The molecule has 1 saturated heterocycles. The quantitative estimate of drug-likeness (QED) is 0.901. The maximum absolute atomic E-state index is 12.5. The van der Waals surface area contributed by atoms with Crippen molar-refractivity contribution in [3.05, 3.63) is 30.1 Å². The summed E-state index contributed by atoms with van der Waals surface area (Å²) < 4.78 is 0. The van der Waals surface area contributed by atoms with Crippen LogP contribution in [0.25, 0.3) is 0 Å². The van der Waals surface area contributed by atoms with Gasteiger partial charge in [0.25, 0.3) is 0 Å². The average Bonchev–Trinajstić information content (AvgIpc) is 2.46. The van der Waals surface area contributed by atoms with Crippen molar-refractivity contribution in [2.24, 2.45) is 0 Å². The van der Waals surface area contributed by atoms with Crippen LogP contribution in [0.3, 0.4) is 0 Å². The lowest BCUT2D eigenvalue weighted by Gasteiger charge is -2.30. The van der Waals surface area contributed by atoms with Gasteiger partial charge in [-0.25, -0.2) is 0 Å². The summed E-state index contributed by atoms with van der Waals surface area (Å²) in [7, 11) is 0. The molecule has 2 rings (SSSR count). The van der Waals surface area contributed by atoms with E-state index >= 15 is 0 Å². The minimum Gasteiger partial charge on any atom is -0.336 e. The van der Waals surface area contributed by atoms with Gasteiger partial charge < -0.3 is 10.2 Å². The number of rotatable bonds is 5. The van der Waals surface area contributed by atoms with Gasteiger partial charge in [0.05, 0.1) is 0 Å². The fourth-order valence-corrected chi connectivity index (χ4v) is 3.28. The number of thioether (sulfide) groups is 1. The molecule has 0 spiro atoms. The summed E-state index contributed by atoms with van der Waals surface area (Å²) in [6, 6.07) is 4.46. The van der Waals surface area contributed by atoms with Crippen LogP contribution in [-0.4, -0.2) is 45.9 Å². The van der Waals surface area contributed by atoms with Crippen molar-refractivity contribution >= 4 is 17.7 Å². The van der Waals surface area contributed by atoms with Gasteiger partial charge in [-0.15, -0.1) is 0 Å². The van der Waals surface area contributed by atoms with Gasteiger partial charge in [-0.2, -0.15) is 11.8 Å². The van der Waals surface area contributed by atoms with E-state index in [1.54, 1.807) is 6.20 Å². The van der Waals surface area contributed by atoms with Gasteiger partial charge in [0.2, 0.25) is 5.91 Å². The molecule has 1 aromatic heterocycles. The normalized spacial score (nSPS) is 19.1.